The Hall–Kier alpha value is -3.45. The molecule has 5 rings (SSSR count). The first kappa shape index (κ1) is 19.5. The average molecular weight is 416 g/mol. The first-order valence-corrected chi connectivity index (χ1v) is 10.5. The highest BCUT2D eigenvalue weighted by atomic mass is 16.4. The van der Waals surface area contributed by atoms with Gasteiger partial charge in [-0.2, -0.15) is 0 Å². The zero-order valence-electron chi connectivity index (χ0n) is 17.3. The molecule has 7 nitrogen and oxygen atoms in total. The number of rotatable bonds is 5. The number of aliphatic hydroxyl groups is 1. The summed E-state index contributed by atoms with van der Waals surface area (Å²) < 4.78 is 3.95. The second kappa shape index (κ2) is 7.35. The van der Waals surface area contributed by atoms with Gasteiger partial charge in [0.25, 0.3) is 0 Å². The molecule has 0 amide bonds. The third-order valence-electron chi connectivity index (χ3n) is 6.38. The molecule has 0 saturated carbocycles. The summed E-state index contributed by atoms with van der Waals surface area (Å²) in [6.45, 7) is 1.73. The van der Waals surface area contributed by atoms with Crippen molar-refractivity contribution in [3.05, 3.63) is 89.0 Å². The second-order valence-corrected chi connectivity index (χ2v) is 8.35. The van der Waals surface area contributed by atoms with Crippen molar-refractivity contribution in [1.29, 1.82) is 0 Å². The van der Waals surface area contributed by atoms with Crippen LogP contribution < -0.4 is 0 Å². The lowest BCUT2D eigenvalue weighted by atomic mass is 9.90. The molecule has 4 aromatic rings. The molecule has 2 N–H and O–H groups in total. The van der Waals surface area contributed by atoms with Gasteiger partial charge in [0.15, 0.2) is 0 Å². The van der Waals surface area contributed by atoms with Gasteiger partial charge in [-0.25, -0.2) is 4.68 Å². The van der Waals surface area contributed by atoms with Crippen LogP contribution >= 0.6 is 0 Å². The van der Waals surface area contributed by atoms with Crippen LogP contribution in [0.1, 0.15) is 47.5 Å². The minimum absolute atomic E-state index is 0.0287. The molecular weight excluding hydrogens is 392 g/mol. The fourth-order valence-corrected chi connectivity index (χ4v) is 4.71. The van der Waals surface area contributed by atoms with E-state index in [1.54, 1.807) is 6.92 Å². The average Bonchev–Trinajstić information content (AvgIpc) is 3.39. The Kier molecular flexibility index (Phi) is 4.63. The number of carboxylic acid groups (broad SMARTS) is 1. The Morgan fingerprint density at radius 3 is 2.74 bits per heavy atom. The van der Waals surface area contributed by atoms with E-state index in [0.29, 0.717) is 5.69 Å². The fourth-order valence-electron chi connectivity index (χ4n) is 4.71. The third-order valence-corrected chi connectivity index (χ3v) is 6.38. The van der Waals surface area contributed by atoms with Crippen molar-refractivity contribution < 1.29 is 15.0 Å². The summed E-state index contributed by atoms with van der Waals surface area (Å²) >= 11 is 0. The van der Waals surface area contributed by atoms with Gasteiger partial charge in [0, 0.05) is 23.8 Å². The summed E-state index contributed by atoms with van der Waals surface area (Å²) in [6, 6.07) is 15.4. The monoisotopic (exact) mass is 416 g/mol. The van der Waals surface area contributed by atoms with E-state index in [4.69, 9.17) is 0 Å². The normalized spacial score (nSPS) is 17.9. The number of aromatic nitrogens is 4. The highest BCUT2D eigenvalue weighted by Gasteiger charge is 2.32. The molecule has 0 fully saturated rings. The molecule has 0 saturated heterocycles. The summed E-state index contributed by atoms with van der Waals surface area (Å²) in [4.78, 5) is 11.4. The number of fused-ring (bicyclic) bond motifs is 3. The van der Waals surface area contributed by atoms with Gasteiger partial charge >= 0.3 is 5.97 Å². The Bertz CT molecular complexity index is 1260. The SMILES string of the molecule is CC(O)(c1ccccc1)c1cn(C2CCc3c(CC(=O)O)c4ccccn4c3C2)nn1. The summed E-state index contributed by atoms with van der Waals surface area (Å²) in [5.41, 5.74) is 4.20. The van der Waals surface area contributed by atoms with Crippen LogP contribution in [0, 0.1) is 0 Å². The van der Waals surface area contributed by atoms with Crippen LogP contribution in [-0.4, -0.2) is 35.6 Å². The van der Waals surface area contributed by atoms with Gasteiger partial charge in [0.2, 0.25) is 0 Å². The van der Waals surface area contributed by atoms with E-state index in [1.807, 2.05) is 65.6 Å². The lowest BCUT2D eigenvalue weighted by Gasteiger charge is -2.24. The highest BCUT2D eigenvalue weighted by molar-refractivity contribution is 5.76. The van der Waals surface area contributed by atoms with Crippen LogP contribution in [-0.2, 0) is 29.7 Å². The van der Waals surface area contributed by atoms with E-state index in [9.17, 15) is 15.0 Å². The van der Waals surface area contributed by atoms with Gasteiger partial charge in [-0.1, -0.05) is 41.6 Å². The van der Waals surface area contributed by atoms with Crippen molar-refractivity contribution in [2.75, 3.05) is 0 Å². The van der Waals surface area contributed by atoms with Crippen molar-refractivity contribution in [1.82, 2.24) is 19.4 Å². The molecular formula is C24H24N4O3. The fraction of sp³-hybridized carbons (Fsp3) is 0.292. The first-order chi connectivity index (χ1) is 14.9. The maximum absolute atomic E-state index is 11.4. The molecule has 1 aliphatic carbocycles. The number of hydrogen-bond acceptors (Lipinski definition) is 4. The maximum atomic E-state index is 11.4. The first-order valence-electron chi connectivity index (χ1n) is 10.5. The predicted octanol–water partition coefficient (Wildman–Crippen LogP) is 3.14. The Morgan fingerprint density at radius 1 is 1.19 bits per heavy atom. The quantitative estimate of drug-likeness (QED) is 0.521. The van der Waals surface area contributed by atoms with Gasteiger partial charge in [-0.05, 0) is 48.6 Å². The number of hydrogen-bond donors (Lipinski definition) is 2. The molecule has 0 spiro atoms. The zero-order valence-corrected chi connectivity index (χ0v) is 17.3. The summed E-state index contributed by atoms with van der Waals surface area (Å²) in [5, 5.41) is 29.1. The highest BCUT2D eigenvalue weighted by Crippen LogP contribution is 2.35. The standard InChI is InChI=1S/C24H24N4O3/c1-24(31,16-7-3-2-4-8-16)22-15-28(26-25-22)17-10-11-18-19(14-23(29)30)20-9-5-6-12-27(20)21(18)13-17/h2-9,12,15,17,31H,10-11,13-14H2,1H3,(H,29,30). The Morgan fingerprint density at radius 2 is 1.97 bits per heavy atom. The Balaban J connectivity index is 1.48. The van der Waals surface area contributed by atoms with Gasteiger partial charge in [-0.3, -0.25) is 4.79 Å². The minimum Gasteiger partial charge on any atom is -0.481 e. The molecule has 158 valence electrons. The molecule has 2 atom stereocenters. The predicted molar refractivity (Wildman–Crippen MR) is 115 cm³/mol. The van der Waals surface area contributed by atoms with Crippen LogP contribution in [0.3, 0.4) is 0 Å². The molecule has 31 heavy (non-hydrogen) atoms. The van der Waals surface area contributed by atoms with Crippen LogP contribution in [0.4, 0.5) is 0 Å². The molecule has 7 heteroatoms. The number of pyridine rings is 1. The lowest BCUT2D eigenvalue weighted by molar-refractivity contribution is -0.136. The van der Waals surface area contributed by atoms with E-state index in [1.165, 1.54) is 0 Å². The van der Waals surface area contributed by atoms with Crippen molar-refractivity contribution in [2.24, 2.45) is 0 Å². The van der Waals surface area contributed by atoms with Crippen LogP contribution in [0.5, 0.6) is 0 Å². The van der Waals surface area contributed by atoms with E-state index in [0.717, 1.165) is 47.2 Å². The Labute approximate surface area is 179 Å². The van der Waals surface area contributed by atoms with E-state index >= 15 is 0 Å². The van der Waals surface area contributed by atoms with Crippen molar-refractivity contribution >= 4 is 11.5 Å². The molecule has 0 aliphatic heterocycles. The zero-order chi connectivity index (χ0) is 21.6. The summed E-state index contributed by atoms with van der Waals surface area (Å²) in [5.74, 6) is -0.815. The van der Waals surface area contributed by atoms with E-state index in [-0.39, 0.29) is 12.5 Å². The van der Waals surface area contributed by atoms with Crippen molar-refractivity contribution in [2.45, 2.75) is 44.2 Å². The number of carboxylic acids is 1. The lowest BCUT2D eigenvalue weighted by Crippen LogP contribution is -2.23. The topological polar surface area (TPSA) is 92.7 Å². The summed E-state index contributed by atoms with van der Waals surface area (Å²) in [7, 11) is 0. The largest absolute Gasteiger partial charge is 0.481 e. The van der Waals surface area contributed by atoms with Crippen LogP contribution in [0.2, 0.25) is 0 Å². The van der Waals surface area contributed by atoms with Crippen molar-refractivity contribution in [3.8, 4) is 0 Å². The van der Waals surface area contributed by atoms with Crippen molar-refractivity contribution in [3.63, 3.8) is 0 Å². The molecule has 2 unspecified atom stereocenters. The van der Waals surface area contributed by atoms with E-state index < -0.39 is 11.6 Å². The third kappa shape index (κ3) is 3.31. The van der Waals surface area contributed by atoms with Gasteiger partial charge in [-0.15, -0.1) is 5.10 Å². The molecule has 0 radical (unpaired) electrons. The minimum atomic E-state index is -1.23. The number of benzene rings is 1. The van der Waals surface area contributed by atoms with Gasteiger partial charge in [0.05, 0.1) is 18.7 Å². The van der Waals surface area contributed by atoms with Gasteiger partial charge in [0.1, 0.15) is 11.3 Å². The maximum Gasteiger partial charge on any atom is 0.307 e. The van der Waals surface area contributed by atoms with Crippen LogP contribution in [0.25, 0.3) is 5.52 Å². The molecule has 3 heterocycles. The van der Waals surface area contributed by atoms with Crippen LogP contribution in [0.15, 0.2) is 60.9 Å². The number of carbonyl (C=O) groups is 1. The smallest absolute Gasteiger partial charge is 0.307 e. The number of aliphatic carboxylic acids is 1. The molecule has 0 bridgehead atoms. The molecule has 1 aromatic carbocycles. The molecule has 1 aliphatic rings. The molecule has 3 aromatic heterocycles. The van der Waals surface area contributed by atoms with E-state index in [2.05, 4.69) is 14.7 Å². The summed E-state index contributed by atoms with van der Waals surface area (Å²) in [6.07, 6.45) is 6.21. The number of nitrogens with zero attached hydrogens (tertiary/aromatic N) is 4. The second-order valence-electron chi connectivity index (χ2n) is 8.35. The van der Waals surface area contributed by atoms with Gasteiger partial charge < -0.3 is 14.6 Å².